The number of aryl methyl sites for hydroxylation is 3. The van der Waals surface area contributed by atoms with Crippen molar-refractivity contribution in [2.24, 2.45) is 18.4 Å². The molecule has 7 nitrogen and oxygen atoms in total. The van der Waals surface area contributed by atoms with E-state index in [9.17, 15) is 9.59 Å². The number of fused-ring (bicyclic) bond motifs is 3. The highest BCUT2D eigenvalue weighted by Crippen LogP contribution is 2.42. The molecule has 0 fully saturated rings. The van der Waals surface area contributed by atoms with Gasteiger partial charge in [0, 0.05) is 18.1 Å². The van der Waals surface area contributed by atoms with E-state index in [1.165, 1.54) is 14.2 Å². The Hall–Kier alpha value is -2.48. The minimum atomic E-state index is -0.386. The van der Waals surface area contributed by atoms with Gasteiger partial charge in [-0.05, 0) is 49.1 Å². The van der Waals surface area contributed by atoms with Crippen LogP contribution in [0, 0.1) is 18.3 Å². The molecule has 3 aromatic heterocycles. The van der Waals surface area contributed by atoms with Crippen molar-refractivity contribution in [3.05, 3.63) is 44.6 Å². The second-order valence-corrected chi connectivity index (χ2v) is 9.65. The van der Waals surface area contributed by atoms with Crippen LogP contribution in [0.15, 0.2) is 17.1 Å². The van der Waals surface area contributed by atoms with E-state index in [4.69, 9.17) is 0 Å². The summed E-state index contributed by atoms with van der Waals surface area (Å²) >= 11 is 1.62. The Balaban J connectivity index is 1.76. The van der Waals surface area contributed by atoms with Crippen LogP contribution in [-0.2, 0) is 19.9 Å². The van der Waals surface area contributed by atoms with Crippen molar-refractivity contribution in [2.45, 2.75) is 47.0 Å². The minimum Gasteiger partial charge on any atom is -0.267 e. The van der Waals surface area contributed by atoms with E-state index in [-0.39, 0.29) is 16.9 Å². The first-order valence-corrected chi connectivity index (χ1v) is 10.3. The Kier molecular flexibility index (Phi) is 4.41. The molecule has 148 valence electrons. The van der Waals surface area contributed by atoms with E-state index < -0.39 is 0 Å². The predicted octanol–water partition coefficient (Wildman–Crippen LogP) is 3.03. The Bertz CT molecular complexity index is 1130. The molecule has 4 rings (SSSR count). The molecule has 28 heavy (non-hydrogen) atoms. The molecular formula is C20H25N5O2S. The lowest BCUT2D eigenvalue weighted by Gasteiger charge is -2.33. The van der Waals surface area contributed by atoms with Crippen LogP contribution in [0.25, 0.3) is 10.2 Å². The maximum atomic E-state index is 13.2. The maximum Gasteiger partial charge on any atom is 0.288 e. The van der Waals surface area contributed by atoms with Crippen LogP contribution in [0.1, 0.15) is 53.9 Å². The van der Waals surface area contributed by atoms with Gasteiger partial charge in [0.2, 0.25) is 0 Å². The summed E-state index contributed by atoms with van der Waals surface area (Å²) in [6, 6.07) is 1.61. The van der Waals surface area contributed by atoms with Crippen LogP contribution < -0.4 is 11.0 Å². The van der Waals surface area contributed by atoms with Crippen LogP contribution in [0.4, 0.5) is 0 Å². The number of aromatic nitrogens is 4. The van der Waals surface area contributed by atoms with E-state index in [1.807, 2.05) is 0 Å². The van der Waals surface area contributed by atoms with E-state index in [0.29, 0.717) is 22.8 Å². The Morgan fingerprint density at radius 3 is 2.75 bits per heavy atom. The van der Waals surface area contributed by atoms with Crippen molar-refractivity contribution in [3.63, 3.8) is 0 Å². The maximum absolute atomic E-state index is 13.2. The van der Waals surface area contributed by atoms with Crippen LogP contribution in [0.5, 0.6) is 0 Å². The average molecular weight is 400 g/mol. The fourth-order valence-electron chi connectivity index (χ4n) is 3.95. The molecule has 1 N–H and O–H groups in total. The largest absolute Gasteiger partial charge is 0.288 e. The van der Waals surface area contributed by atoms with Gasteiger partial charge >= 0.3 is 0 Å². The van der Waals surface area contributed by atoms with Gasteiger partial charge in [-0.2, -0.15) is 5.10 Å². The first-order chi connectivity index (χ1) is 13.2. The summed E-state index contributed by atoms with van der Waals surface area (Å²) in [6.07, 6.45) is 4.48. The quantitative estimate of drug-likeness (QED) is 0.718. The van der Waals surface area contributed by atoms with Gasteiger partial charge in [-0.3, -0.25) is 19.7 Å². The molecule has 1 aliphatic rings. The number of carbonyl (C=O) groups is 1. The van der Waals surface area contributed by atoms with E-state index in [1.54, 1.807) is 37.6 Å². The van der Waals surface area contributed by atoms with Gasteiger partial charge in [-0.15, -0.1) is 11.3 Å². The lowest BCUT2D eigenvalue weighted by molar-refractivity contribution is 0.0997. The molecule has 0 saturated heterocycles. The summed E-state index contributed by atoms with van der Waals surface area (Å²) in [4.78, 5) is 32.5. The first-order valence-electron chi connectivity index (χ1n) is 9.50. The summed E-state index contributed by atoms with van der Waals surface area (Å²) in [5.41, 5.74) is 4.22. The van der Waals surface area contributed by atoms with E-state index >= 15 is 0 Å². The summed E-state index contributed by atoms with van der Waals surface area (Å²) in [6.45, 7) is 8.57. The molecular weight excluding hydrogens is 374 g/mol. The number of rotatable bonds is 2. The Morgan fingerprint density at radius 1 is 1.36 bits per heavy atom. The highest BCUT2D eigenvalue weighted by Gasteiger charge is 2.32. The molecule has 3 aromatic rings. The van der Waals surface area contributed by atoms with Crippen molar-refractivity contribution < 1.29 is 4.79 Å². The monoisotopic (exact) mass is 399 g/mol. The van der Waals surface area contributed by atoms with Crippen molar-refractivity contribution in [3.8, 4) is 0 Å². The molecule has 0 saturated carbocycles. The summed E-state index contributed by atoms with van der Waals surface area (Å²) in [7, 11) is 1.69. The van der Waals surface area contributed by atoms with Crippen LogP contribution in [0.2, 0.25) is 0 Å². The normalized spacial score (nSPS) is 17.0. The molecule has 8 heteroatoms. The number of thiophene rings is 1. The van der Waals surface area contributed by atoms with Gasteiger partial charge in [0.15, 0.2) is 0 Å². The van der Waals surface area contributed by atoms with Crippen LogP contribution >= 0.6 is 11.3 Å². The molecule has 0 spiro atoms. The zero-order chi connectivity index (χ0) is 20.2. The lowest BCUT2D eigenvalue weighted by atomic mass is 9.72. The second kappa shape index (κ2) is 6.55. The van der Waals surface area contributed by atoms with Gasteiger partial charge in [-0.25, -0.2) is 9.66 Å². The van der Waals surface area contributed by atoms with Gasteiger partial charge in [0.1, 0.15) is 16.3 Å². The smallest absolute Gasteiger partial charge is 0.267 e. The van der Waals surface area contributed by atoms with Crippen LogP contribution in [0.3, 0.4) is 0 Å². The number of hydrogen-bond acceptors (Lipinski definition) is 5. The number of amides is 1. The van der Waals surface area contributed by atoms with Gasteiger partial charge in [0.05, 0.1) is 5.39 Å². The first kappa shape index (κ1) is 18.9. The SMILES string of the molecule is Cc1nc2sc3c(c2c(=O)n1NC(=O)c1ccnn1C)CC[C@@H](C(C)(C)C)C3. The zero-order valence-corrected chi connectivity index (χ0v) is 17.7. The van der Waals surface area contributed by atoms with Gasteiger partial charge < -0.3 is 0 Å². The topological polar surface area (TPSA) is 81.8 Å². The third-order valence-electron chi connectivity index (χ3n) is 5.74. The van der Waals surface area contributed by atoms with Crippen molar-refractivity contribution in [2.75, 3.05) is 5.43 Å². The Labute approximate surface area is 167 Å². The lowest BCUT2D eigenvalue weighted by Crippen LogP contribution is -2.36. The van der Waals surface area contributed by atoms with Gasteiger partial charge in [0.25, 0.3) is 11.5 Å². The number of nitrogens with one attached hydrogen (secondary N) is 1. The average Bonchev–Trinajstić information content (AvgIpc) is 3.19. The fourth-order valence-corrected chi connectivity index (χ4v) is 5.29. The van der Waals surface area contributed by atoms with Gasteiger partial charge in [-0.1, -0.05) is 20.8 Å². The standard InChI is InChI=1S/C20H25N5O2S/c1-11-22-18-16(13-7-6-12(20(2,3)4)10-15(13)28-18)19(27)25(11)23-17(26)14-8-9-21-24(14)5/h8-9,12H,6-7,10H2,1-5H3,(H,23,26)/t12-/m1/s1. The number of carbonyl (C=O) groups excluding carboxylic acids is 1. The molecule has 0 radical (unpaired) electrons. The second-order valence-electron chi connectivity index (χ2n) is 8.57. The molecule has 1 atom stereocenters. The molecule has 0 unspecified atom stereocenters. The highest BCUT2D eigenvalue weighted by atomic mass is 32.1. The number of nitrogens with zero attached hydrogens (tertiary/aromatic N) is 4. The third kappa shape index (κ3) is 3.05. The summed E-state index contributed by atoms with van der Waals surface area (Å²) < 4.78 is 2.74. The fraction of sp³-hybridized carbons (Fsp3) is 0.500. The third-order valence-corrected chi connectivity index (χ3v) is 6.89. The Morgan fingerprint density at radius 2 is 2.11 bits per heavy atom. The molecule has 0 bridgehead atoms. The zero-order valence-electron chi connectivity index (χ0n) is 16.9. The van der Waals surface area contributed by atoms with Crippen LogP contribution in [-0.4, -0.2) is 25.3 Å². The molecule has 1 aliphatic carbocycles. The van der Waals surface area contributed by atoms with E-state index in [0.717, 1.165) is 29.7 Å². The van der Waals surface area contributed by atoms with Crippen molar-refractivity contribution in [1.82, 2.24) is 19.4 Å². The highest BCUT2D eigenvalue weighted by molar-refractivity contribution is 7.18. The molecule has 3 heterocycles. The summed E-state index contributed by atoms with van der Waals surface area (Å²) in [5.74, 6) is 0.683. The van der Waals surface area contributed by atoms with Crippen molar-refractivity contribution >= 4 is 27.5 Å². The minimum absolute atomic E-state index is 0.204. The summed E-state index contributed by atoms with van der Waals surface area (Å²) in [5, 5.41) is 4.66. The molecule has 1 amide bonds. The predicted molar refractivity (Wildman–Crippen MR) is 110 cm³/mol. The van der Waals surface area contributed by atoms with E-state index in [2.05, 4.69) is 36.3 Å². The number of hydrogen-bond donors (Lipinski definition) is 1. The molecule has 0 aromatic carbocycles. The van der Waals surface area contributed by atoms with Crippen molar-refractivity contribution in [1.29, 1.82) is 0 Å². The molecule has 0 aliphatic heterocycles.